The summed E-state index contributed by atoms with van der Waals surface area (Å²) in [6, 6.07) is 6.73. The van der Waals surface area contributed by atoms with Gasteiger partial charge in [-0.2, -0.15) is 10.1 Å². The van der Waals surface area contributed by atoms with Crippen molar-refractivity contribution in [3.63, 3.8) is 0 Å². The zero-order valence-electron chi connectivity index (χ0n) is 21.8. The highest BCUT2D eigenvalue weighted by Crippen LogP contribution is 2.36. The lowest BCUT2D eigenvalue weighted by atomic mass is 9.96. The molecule has 11 heteroatoms. The maximum absolute atomic E-state index is 15.2. The van der Waals surface area contributed by atoms with Crippen LogP contribution in [0.3, 0.4) is 0 Å². The highest BCUT2D eigenvalue weighted by molar-refractivity contribution is 6.00. The molecule has 5 rings (SSSR count). The zero-order valence-corrected chi connectivity index (χ0v) is 21.8. The molecule has 1 aliphatic heterocycles. The van der Waals surface area contributed by atoms with Crippen LogP contribution < -0.4 is 10.2 Å². The van der Waals surface area contributed by atoms with E-state index in [0.29, 0.717) is 34.9 Å². The topological polar surface area (TPSA) is 130 Å². The minimum absolute atomic E-state index is 0.0355. The third kappa shape index (κ3) is 5.13. The van der Waals surface area contributed by atoms with Gasteiger partial charge in [-0.3, -0.25) is 9.89 Å². The van der Waals surface area contributed by atoms with Crippen molar-refractivity contribution >= 4 is 28.5 Å². The number of aromatic nitrogens is 5. The summed E-state index contributed by atoms with van der Waals surface area (Å²) in [7, 11) is 0. The summed E-state index contributed by atoms with van der Waals surface area (Å²) in [5.74, 6) is 0.462. The fourth-order valence-corrected chi connectivity index (χ4v) is 4.73. The van der Waals surface area contributed by atoms with Crippen molar-refractivity contribution in [2.75, 3.05) is 18.0 Å². The van der Waals surface area contributed by atoms with E-state index in [0.717, 1.165) is 36.3 Å². The second-order valence-electron chi connectivity index (χ2n) is 10.8. The summed E-state index contributed by atoms with van der Waals surface area (Å²) in [6.07, 6.45) is 3.13. The molecule has 0 bridgehead atoms. The Morgan fingerprint density at radius 2 is 2.08 bits per heavy atom. The van der Waals surface area contributed by atoms with E-state index in [9.17, 15) is 9.59 Å². The number of hydrogen-bond donors (Lipinski definition) is 2. The Morgan fingerprint density at radius 3 is 2.79 bits per heavy atom. The van der Waals surface area contributed by atoms with E-state index in [1.807, 2.05) is 32.9 Å². The molecule has 1 atom stereocenters. The number of carbonyl (C=O) groups excluding carboxylic acids is 2. The number of Topliss-reactive ketones (excluding diaryl/α,β-unsaturated/α-hetero) is 1. The van der Waals surface area contributed by atoms with Gasteiger partial charge in [-0.15, -0.1) is 0 Å². The first-order valence-corrected chi connectivity index (χ1v) is 12.6. The van der Waals surface area contributed by atoms with Crippen molar-refractivity contribution in [3.8, 4) is 11.1 Å². The number of aromatic amines is 1. The van der Waals surface area contributed by atoms with Crippen LogP contribution in [0.4, 0.5) is 10.2 Å². The number of rotatable bonds is 7. The Bertz CT molecular complexity index is 1500. The third-order valence-corrected chi connectivity index (χ3v) is 6.70. The highest BCUT2D eigenvalue weighted by Gasteiger charge is 2.28. The molecule has 1 aliphatic rings. The van der Waals surface area contributed by atoms with Crippen molar-refractivity contribution in [2.45, 2.75) is 52.5 Å². The molecule has 1 amide bonds. The summed E-state index contributed by atoms with van der Waals surface area (Å²) in [5.41, 5.74) is 2.03. The number of anilines is 1. The zero-order chi connectivity index (χ0) is 27.0. The van der Waals surface area contributed by atoms with Crippen LogP contribution in [0.1, 0.15) is 62.6 Å². The number of carbonyl (C=O) groups is 2. The summed E-state index contributed by atoms with van der Waals surface area (Å²) in [6.45, 7) is 8.84. The Labute approximate surface area is 219 Å². The summed E-state index contributed by atoms with van der Waals surface area (Å²) < 4.78 is 20.2. The number of amides is 1. The van der Waals surface area contributed by atoms with Crippen molar-refractivity contribution in [1.29, 1.82) is 0 Å². The molecule has 1 saturated heterocycles. The average Bonchev–Trinajstić information content (AvgIpc) is 3.61. The lowest BCUT2D eigenvalue weighted by Crippen LogP contribution is -2.24. The highest BCUT2D eigenvalue weighted by atomic mass is 19.1. The molecule has 1 aromatic carbocycles. The van der Waals surface area contributed by atoms with Crippen LogP contribution in [0, 0.1) is 11.7 Å². The number of ketones is 1. The van der Waals surface area contributed by atoms with Gasteiger partial charge in [0.2, 0.25) is 0 Å². The number of nitrogens with one attached hydrogen (secondary N) is 2. The van der Waals surface area contributed by atoms with Crippen molar-refractivity contribution in [1.82, 2.24) is 30.6 Å². The number of H-pyrrole nitrogens is 1. The number of fused-ring (bicyclic) bond motifs is 1. The third-order valence-electron chi connectivity index (χ3n) is 6.70. The molecule has 3 aromatic heterocycles. The van der Waals surface area contributed by atoms with Crippen molar-refractivity contribution in [2.24, 2.45) is 5.92 Å². The molecule has 4 aromatic rings. The van der Waals surface area contributed by atoms with Gasteiger partial charge in [-0.1, -0.05) is 38.1 Å². The maximum atomic E-state index is 15.2. The van der Waals surface area contributed by atoms with Gasteiger partial charge in [-0.05, 0) is 42.5 Å². The summed E-state index contributed by atoms with van der Waals surface area (Å²) in [5, 5.41) is 14.8. The normalized spacial score (nSPS) is 15.8. The Morgan fingerprint density at radius 1 is 1.26 bits per heavy atom. The molecule has 0 spiro atoms. The number of benzene rings is 1. The van der Waals surface area contributed by atoms with E-state index < -0.39 is 11.7 Å². The average molecular weight is 520 g/mol. The molecule has 0 radical (unpaired) electrons. The molecule has 0 aliphatic carbocycles. The van der Waals surface area contributed by atoms with Crippen LogP contribution in [0.25, 0.3) is 22.2 Å². The second-order valence-corrected chi connectivity index (χ2v) is 10.8. The molecule has 2 N–H and O–H groups in total. The fraction of sp³-hybridized carbons (Fsp3) is 0.407. The van der Waals surface area contributed by atoms with Gasteiger partial charge in [0.15, 0.2) is 17.3 Å². The molecule has 38 heavy (non-hydrogen) atoms. The minimum Gasteiger partial charge on any atom is -0.354 e. The molecular formula is C27H30FN7O3. The van der Waals surface area contributed by atoms with Gasteiger partial charge >= 0.3 is 11.8 Å². The molecule has 4 heterocycles. The quantitative estimate of drug-likeness (QED) is 0.372. The predicted molar refractivity (Wildman–Crippen MR) is 139 cm³/mol. The Kier molecular flexibility index (Phi) is 6.68. The van der Waals surface area contributed by atoms with Crippen LogP contribution in [-0.2, 0) is 16.8 Å². The Balaban J connectivity index is 1.35. The van der Waals surface area contributed by atoms with Gasteiger partial charge in [-0.25, -0.2) is 9.37 Å². The van der Waals surface area contributed by atoms with Crippen molar-refractivity contribution < 1.29 is 18.5 Å². The van der Waals surface area contributed by atoms with Gasteiger partial charge in [0.25, 0.3) is 0 Å². The standard InChI is InChI=1S/C27H30FN7O3/c1-15(36)11-16-8-10-35(14-16)23-21-19(7-9-29-22(21)32-33-23)17-5-6-18(20(28)12-17)13-30-24(37)25-31-26(34-38-25)27(2,3)4/h5-7,9,12,16H,8,10-11,13-14H2,1-4H3,(H,30,37)(H,29,32,33)/t16-/m0/s1. The molecular weight excluding hydrogens is 489 g/mol. The molecule has 1 fully saturated rings. The van der Waals surface area contributed by atoms with Crippen LogP contribution in [-0.4, -0.2) is 50.1 Å². The first kappa shape index (κ1) is 25.5. The van der Waals surface area contributed by atoms with Gasteiger partial charge < -0.3 is 19.5 Å². The first-order chi connectivity index (χ1) is 18.1. The van der Waals surface area contributed by atoms with E-state index in [4.69, 9.17) is 4.52 Å². The van der Waals surface area contributed by atoms with E-state index in [2.05, 4.69) is 35.5 Å². The fourth-order valence-electron chi connectivity index (χ4n) is 4.73. The predicted octanol–water partition coefficient (Wildman–Crippen LogP) is 4.18. The first-order valence-electron chi connectivity index (χ1n) is 12.6. The van der Waals surface area contributed by atoms with Crippen LogP contribution in [0.15, 0.2) is 35.0 Å². The lowest BCUT2D eigenvalue weighted by molar-refractivity contribution is -0.117. The van der Waals surface area contributed by atoms with Crippen LogP contribution in [0.5, 0.6) is 0 Å². The van der Waals surface area contributed by atoms with E-state index in [-0.39, 0.29) is 23.6 Å². The van der Waals surface area contributed by atoms with Crippen LogP contribution >= 0.6 is 0 Å². The lowest BCUT2D eigenvalue weighted by Gasteiger charge is -2.17. The van der Waals surface area contributed by atoms with Gasteiger partial charge in [0.1, 0.15) is 11.6 Å². The monoisotopic (exact) mass is 519 g/mol. The molecule has 0 unspecified atom stereocenters. The van der Waals surface area contributed by atoms with Crippen molar-refractivity contribution in [3.05, 3.63) is 53.6 Å². The second kappa shape index (κ2) is 9.96. The minimum atomic E-state index is -0.566. The SMILES string of the molecule is CC(=O)C[C@@H]1CCN(c2n[nH]c3nccc(-c4ccc(CNC(=O)c5nc(C(C)(C)C)no5)c(F)c4)c23)C1. The van der Waals surface area contributed by atoms with Crippen LogP contribution in [0.2, 0.25) is 0 Å². The molecule has 198 valence electrons. The Hall–Kier alpha value is -4.15. The molecule has 10 nitrogen and oxygen atoms in total. The largest absolute Gasteiger partial charge is 0.354 e. The van der Waals surface area contributed by atoms with Gasteiger partial charge in [0.05, 0.1) is 5.39 Å². The van der Waals surface area contributed by atoms with E-state index in [1.54, 1.807) is 19.2 Å². The van der Waals surface area contributed by atoms with E-state index >= 15 is 4.39 Å². The maximum Gasteiger partial charge on any atom is 0.315 e. The summed E-state index contributed by atoms with van der Waals surface area (Å²) in [4.78, 5) is 34.7. The number of nitrogens with zero attached hydrogens (tertiary/aromatic N) is 5. The summed E-state index contributed by atoms with van der Waals surface area (Å²) >= 11 is 0. The smallest absolute Gasteiger partial charge is 0.315 e. The van der Waals surface area contributed by atoms with Gasteiger partial charge in [0, 0.05) is 43.2 Å². The molecule has 0 saturated carbocycles. The van der Waals surface area contributed by atoms with E-state index in [1.165, 1.54) is 6.07 Å². The number of hydrogen-bond acceptors (Lipinski definition) is 8. The number of pyridine rings is 1. The number of halogens is 1.